The highest BCUT2D eigenvalue weighted by atomic mass is 32.1. The predicted octanol–water partition coefficient (Wildman–Crippen LogP) is 2.60. The molecule has 1 fully saturated rings. The number of thiophene rings is 1. The van der Waals surface area contributed by atoms with Gasteiger partial charge in [0, 0.05) is 30.6 Å². The van der Waals surface area contributed by atoms with Crippen LogP contribution in [0.2, 0.25) is 0 Å². The average molecular weight is 252 g/mol. The molecule has 2 nitrogen and oxygen atoms in total. The van der Waals surface area contributed by atoms with Crippen LogP contribution >= 0.6 is 11.3 Å². The maximum atomic E-state index is 6.18. The molecule has 0 aromatic carbocycles. The van der Waals surface area contributed by atoms with Gasteiger partial charge in [0.25, 0.3) is 0 Å². The number of nitrogens with zero attached hydrogens (tertiary/aromatic N) is 1. The third kappa shape index (κ3) is 4.09. The van der Waals surface area contributed by atoms with Crippen molar-refractivity contribution in [2.45, 2.75) is 32.7 Å². The van der Waals surface area contributed by atoms with Crippen LogP contribution in [0.5, 0.6) is 0 Å². The average Bonchev–Trinajstić information content (AvgIpc) is 2.67. The maximum Gasteiger partial charge on any atom is 0.0171 e. The van der Waals surface area contributed by atoms with Crippen LogP contribution in [0.4, 0.5) is 0 Å². The van der Waals surface area contributed by atoms with E-state index < -0.39 is 0 Å². The summed E-state index contributed by atoms with van der Waals surface area (Å²) in [5.74, 6) is 1.49. The van der Waals surface area contributed by atoms with Crippen molar-refractivity contribution in [3.05, 3.63) is 22.4 Å². The molecule has 1 aromatic heterocycles. The molecule has 2 rings (SSSR count). The minimum Gasteiger partial charge on any atom is -0.327 e. The van der Waals surface area contributed by atoms with Crippen molar-refractivity contribution < 1.29 is 0 Å². The largest absolute Gasteiger partial charge is 0.327 e. The Labute approximate surface area is 109 Å². The van der Waals surface area contributed by atoms with Crippen molar-refractivity contribution in [3.8, 4) is 0 Å². The van der Waals surface area contributed by atoms with E-state index in [0.717, 1.165) is 18.4 Å². The van der Waals surface area contributed by atoms with Crippen LogP contribution in [-0.4, -0.2) is 30.6 Å². The Hall–Kier alpha value is -0.380. The molecule has 3 heteroatoms. The second-order valence-electron chi connectivity index (χ2n) is 5.76. The molecule has 0 spiro atoms. The summed E-state index contributed by atoms with van der Waals surface area (Å²) in [4.78, 5) is 4.06. The molecule has 0 radical (unpaired) electrons. The summed E-state index contributed by atoms with van der Waals surface area (Å²) in [6, 6.07) is 4.76. The molecule has 1 aliphatic heterocycles. The SMILES string of the molecule is CC(C)CN1CC(N)CC(Cc2cccs2)C1. The summed E-state index contributed by atoms with van der Waals surface area (Å²) in [5, 5.41) is 2.17. The Kier molecular flexibility index (Phi) is 4.60. The first-order valence-electron chi connectivity index (χ1n) is 6.63. The summed E-state index contributed by atoms with van der Waals surface area (Å²) in [6.07, 6.45) is 2.40. The number of piperidine rings is 1. The van der Waals surface area contributed by atoms with Gasteiger partial charge in [-0.05, 0) is 36.1 Å². The van der Waals surface area contributed by atoms with E-state index in [1.165, 1.54) is 30.8 Å². The highest BCUT2D eigenvalue weighted by Crippen LogP contribution is 2.23. The van der Waals surface area contributed by atoms with Gasteiger partial charge in [-0.25, -0.2) is 0 Å². The van der Waals surface area contributed by atoms with Crippen LogP contribution in [0.25, 0.3) is 0 Å². The van der Waals surface area contributed by atoms with Crippen LogP contribution in [0.1, 0.15) is 25.1 Å². The fourth-order valence-electron chi connectivity index (χ4n) is 2.88. The van der Waals surface area contributed by atoms with Crippen molar-refractivity contribution in [1.29, 1.82) is 0 Å². The van der Waals surface area contributed by atoms with Crippen LogP contribution in [0.3, 0.4) is 0 Å². The van der Waals surface area contributed by atoms with Gasteiger partial charge in [-0.3, -0.25) is 0 Å². The zero-order chi connectivity index (χ0) is 12.3. The van der Waals surface area contributed by atoms with E-state index >= 15 is 0 Å². The van der Waals surface area contributed by atoms with E-state index in [9.17, 15) is 0 Å². The summed E-state index contributed by atoms with van der Waals surface area (Å²) >= 11 is 1.87. The van der Waals surface area contributed by atoms with E-state index in [1.807, 2.05) is 11.3 Å². The molecule has 2 atom stereocenters. The first-order valence-corrected chi connectivity index (χ1v) is 7.51. The Morgan fingerprint density at radius 3 is 2.94 bits per heavy atom. The van der Waals surface area contributed by atoms with Crippen LogP contribution in [-0.2, 0) is 6.42 Å². The van der Waals surface area contributed by atoms with Crippen LogP contribution < -0.4 is 5.73 Å². The smallest absolute Gasteiger partial charge is 0.0171 e. The fraction of sp³-hybridized carbons (Fsp3) is 0.714. The van der Waals surface area contributed by atoms with Gasteiger partial charge in [-0.2, -0.15) is 0 Å². The topological polar surface area (TPSA) is 29.3 Å². The Morgan fingerprint density at radius 1 is 1.47 bits per heavy atom. The molecule has 0 amide bonds. The first-order chi connectivity index (χ1) is 8.13. The molecule has 1 aliphatic rings. The number of rotatable bonds is 4. The molecule has 1 saturated heterocycles. The molecule has 2 heterocycles. The van der Waals surface area contributed by atoms with Gasteiger partial charge in [-0.15, -0.1) is 11.3 Å². The van der Waals surface area contributed by atoms with Crippen molar-refractivity contribution in [3.63, 3.8) is 0 Å². The number of hydrogen-bond acceptors (Lipinski definition) is 3. The summed E-state index contributed by atoms with van der Waals surface area (Å²) < 4.78 is 0. The van der Waals surface area contributed by atoms with Gasteiger partial charge in [-0.1, -0.05) is 19.9 Å². The lowest BCUT2D eigenvalue weighted by Crippen LogP contribution is -2.48. The van der Waals surface area contributed by atoms with E-state index in [1.54, 1.807) is 0 Å². The molecule has 0 saturated carbocycles. The monoisotopic (exact) mass is 252 g/mol. The summed E-state index contributed by atoms with van der Waals surface area (Å²) in [6.45, 7) is 8.07. The summed E-state index contributed by atoms with van der Waals surface area (Å²) in [7, 11) is 0. The highest BCUT2D eigenvalue weighted by Gasteiger charge is 2.25. The van der Waals surface area contributed by atoms with E-state index in [2.05, 4.69) is 36.3 Å². The lowest BCUT2D eigenvalue weighted by molar-refractivity contribution is 0.142. The fourth-order valence-corrected chi connectivity index (χ4v) is 3.70. The van der Waals surface area contributed by atoms with Gasteiger partial charge >= 0.3 is 0 Å². The number of likely N-dealkylation sites (tertiary alicyclic amines) is 1. The number of nitrogens with two attached hydrogens (primary N) is 1. The molecule has 2 unspecified atom stereocenters. The molecule has 2 N–H and O–H groups in total. The minimum absolute atomic E-state index is 0.368. The van der Waals surface area contributed by atoms with Crippen molar-refractivity contribution in [2.75, 3.05) is 19.6 Å². The minimum atomic E-state index is 0.368. The zero-order valence-corrected chi connectivity index (χ0v) is 11.7. The molecule has 1 aromatic rings. The van der Waals surface area contributed by atoms with Gasteiger partial charge < -0.3 is 10.6 Å². The van der Waals surface area contributed by atoms with Crippen LogP contribution in [0, 0.1) is 11.8 Å². The maximum absolute atomic E-state index is 6.18. The molecule has 17 heavy (non-hydrogen) atoms. The van der Waals surface area contributed by atoms with Crippen molar-refractivity contribution in [1.82, 2.24) is 4.90 Å². The third-order valence-electron chi connectivity index (χ3n) is 3.34. The standard InChI is InChI=1S/C14H24N2S/c1-11(2)8-16-9-12(6-13(15)10-16)7-14-4-3-5-17-14/h3-5,11-13H,6-10,15H2,1-2H3. The number of hydrogen-bond donors (Lipinski definition) is 1. The zero-order valence-electron chi connectivity index (χ0n) is 10.9. The van der Waals surface area contributed by atoms with Crippen molar-refractivity contribution in [2.24, 2.45) is 17.6 Å². The Bertz CT molecular complexity index is 319. The van der Waals surface area contributed by atoms with E-state index in [-0.39, 0.29) is 0 Å². The quantitative estimate of drug-likeness (QED) is 0.892. The highest BCUT2D eigenvalue weighted by molar-refractivity contribution is 7.09. The Balaban J connectivity index is 1.89. The lowest BCUT2D eigenvalue weighted by atomic mass is 9.91. The van der Waals surface area contributed by atoms with Gasteiger partial charge in [0.15, 0.2) is 0 Å². The molecule has 0 aliphatic carbocycles. The normalized spacial score (nSPS) is 26.6. The molecular weight excluding hydrogens is 228 g/mol. The third-order valence-corrected chi connectivity index (χ3v) is 4.24. The van der Waals surface area contributed by atoms with E-state index in [0.29, 0.717) is 6.04 Å². The van der Waals surface area contributed by atoms with E-state index in [4.69, 9.17) is 5.73 Å². The second kappa shape index (κ2) is 5.98. The Morgan fingerprint density at radius 2 is 2.29 bits per heavy atom. The first kappa shape index (κ1) is 13.1. The van der Waals surface area contributed by atoms with Gasteiger partial charge in [0.05, 0.1) is 0 Å². The molecule has 96 valence electrons. The van der Waals surface area contributed by atoms with Crippen LogP contribution in [0.15, 0.2) is 17.5 Å². The van der Waals surface area contributed by atoms with Gasteiger partial charge in [0.1, 0.15) is 0 Å². The predicted molar refractivity (Wildman–Crippen MR) is 75.4 cm³/mol. The molecular formula is C14H24N2S. The lowest BCUT2D eigenvalue weighted by Gasteiger charge is -2.37. The van der Waals surface area contributed by atoms with Gasteiger partial charge in [0.2, 0.25) is 0 Å². The summed E-state index contributed by atoms with van der Waals surface area (Å²) in [5.41, 5.74) is 6.18. The molecule has 0 bridgehead atoms. The second-order valence-corrected chi connectivity index (χ2v) is 6.79. The van der Waals surface area contributed by atoms with Crippen molar-refractivity contribution >= 4 is 11.3 Å².